The number of aromatic nitrogens is 2. The number of rotatable bonds is 1. The van der Waals surface area contributed by atoms with Crippen molar-refractivity contribution in [1.29, 1.82) is 0 Å². The van der Waals surface area contributed by atoms with Gasteiger partial charge in [-0.3, -0.25) is 9.78 Å². The molecule has 2 aliphatic heterocycles. The number of carbonyl (C=O) groups is 1. The monoisotopic (exact) mass is 246 g/mol. The summed E-state index contributed by atoms with van der Waals surface area (Å²) in [6.07, 6.45) is 9.32. The van der Waals surface area contributed by atoms with Gasteiger partial charge in [-0.1, -0.05) is 0 Å². The molecule has 0 saturated carbocycles. The van der Waals surface area contributed by atoms with Gasteiger partial charge in [0, 0.05) is 31.0 Å². The average molecular weight is 246 g/mol. The zero-order chi connectivity index (χ0) is 12.4. The highest BCUT2D eigenvalue weighted by Gasteiger charge is 2.37. The molecule has 0 aromatic carbocycles. The second-order valence-electron chi connectivity index (χ2n) is 5.19. The van der Waals surface area contributed by atoms with Gasteiger partial charge < -0.3 is 10.2 Å². The van der Waals surface area contributed by atoms with Crippen molar-refractivity contribution in [3.05, 3.63) is 24.3 Å². The second kappa shape index (κ2) is 4.65. The maximum atomic E-state index is 12.2. The highest BCUT2D eigenvalue weighted by Crippen LogP contribution is 2.30. The predicted octanol–water partition coefficient (Wildman–Crippen LogP) is 0.835. The molecule has 0 radical (unpaired) electrons. The third kappa shape index (κ3) is 2.10. The Morgan fingerprint density at radius 2 is 2.11 bits per heavy atom. The maximum absolute atomic E-state index is 12.2. The van der Waals surface area contributed by atoms with Crippen molar-refractivity contribution < 1.29 is 4.79 Å². The van der Waals surface area contributed by atoms with E-state index in [0.29, 0.717) is 11.2 Å². The summed E-state index contributed by atoms with van der Waals surface area (Å²) in [5.74, 6) is 0.0101. The molecule has 2 saturated heterocycles. The molecule has 0 unspecified atom stereocenters. The van der Waals surface area contributed by atoms with Crippen molar-refractivity contribution >= 4 is 5.91 Å². The number of hydrogen-bond donors (Lipinski definition) is 1. The minimum Gasteiger partial charge on any atom is -0.337 e. The summed E-state index contributed by atoms with van der Waals surface area (Å²) in [6.45, 7) is 2.77. The first kappa shape index (κ1) is 11.6. The Labute approximate surface area is 107 Å². The van der Waals surface area contributed by atoms with E-state index >= 15 is 0 Å². The average Bonchev–Trinajstić information content (AvgIpc) is 2.88. The van der Waals surface area contributed by atoms with E-state index in [1.807, 2.05) is 4.90 Å². The van der Waals surface area contributed by atoms with Crippen LogP contribution in [-0.4, -0.2) is 45.9 Å². The minimum absolute atomic E-state index is 0.0101. The summed E-state index contributed by atoms with van der Waals surface area (Å²) < 4.78 is 0. The number of nitrogens with zero attached hydrogens (tertiary/aromatic N) is 3. The quantitative estimate of drug-likeness (QED) is 0.797. The van der Waals surface area contributed by atoms with E-state index in [-0.39, 0.29) is 5.91 Å². The third-order valence-electron chi connectivity index (χ3n) is 4.12. The van der Waals surface area contributed by atoms with Crippen molar-refractivity contribution in [2.24, 2.45) is 0 Å². The zero-order valence-corrected chi connectivity index (χ0v) is 10.4. The van der Waals surface area contributed by atoms with Crippen LogP contribution in [0.4, 0.5) is 0 Å². The molecule has 5 heteroatoms. The standard InChI is InChI=1S/C13H18N4O/c18-12(11-10-14-6-7-15-11)17-8-3-13(4-9-17)2-1-5-16-13/h6-7,10,16H,1-5,8-9H2. The molecular formula is C13H18N4O. The summed E-state index contributed by atoms with van der Waals surface area (Å²) in [6, 6.07) is 0. The Hall–Kier alpha value is -1.49. The molecule has 2 fully saturated rings. The highest BCUT2D eigenvalue weighted by molar-refractivity contribution is 5.92. The fourth-order valence-electron chi connectivity index (χ4n) is 3.00. The van der Waals surface area contributed by atoms with Gasteiger partial charge in [0.25, 0.3) is 5.91 Å². The smallest absolute Gasteiger partial charge is 0.274 e. The van der Waals surface area contributed by atoms with Crippen LogP contribution >= 0.6 is 0 Å². The maximum Gasteiger partial charge on any atom is 0.274 e. The normalized spacial score (nSPS) is 22.3. The molecule has 1 N–H and O–H groups in total. The summed E-state index contributed by atoms with van der Waals surface area (Å²) in [5.41, 5.74) is 0.756. The molecule has 2 aliphatic rings. The first-order chi connectivity index (χ1) is 8.79. The van der Waals surface area contributed by atoms with Gasteiger partial charge in [0.2, 0.25) is 0 Å². The van der Waals surface area contributed by atoms with E-state index < -0.39 is 0 Å². The van der Waals surface area contributed by atoms with Crippen LogP contribution in [0, 0.1) is 0 Å². The Morgan fingerprint density at radius 1 is 1.28 bits per heavy atom. The van der Waals surface area contributed by atoms with Gasteiger partial charge >= 0.3 is 0 Å². The van der Waals surface area contributed by atoms with E-state index in [1.54, 1.807) is 18.6 Å². The fraction of sp³-hybridized carbons (Fsp3) is 0.615. The molecule has 3 rings (SSSR count). The lowest BCUT2D eigenvalue weighted by molar-refractivity contribution is 0.0650. The van der Waals surface area contributed by atoms with Crippen LogP contribution < -0.4 is 5.32 Å². The lowest BCUT2D eigenvalue weighted by Gasteiger charge is -2.39. The third-order valence-corrected chi connectivity index (χ3v) is 4.12. The highest BCUT2D eigenvalue weighted by atomic mass is 16.2. The van der Waals surface area contributed by atoms with E-state index in [0.717, 1.165) is 32.5 Å². The number of hydrogen-bond acceptors (Lipinski definition) is 4. The first-order valence-electron chi connectivity index (χ1n) is 6.59. The Kier molecular flexibility index (Phi) is 2.99. The van der Waals surface area contributed by atoms with Crippen LogP contribution in [0.5, 0.6) is 0 Å². The van der Waals surface area contributed by atoms with Gasteiger partial charge in [-0.05, 0) is 32.2 Å². The van der Waals surface area contributed by atoms with Crippen molar-refractivity contribution in [1.82, 2.24) is 20.2 Å². The van der Waals surface area contributed by atoms with Crippen molar-refractivity contribution in [3.8, 4) is 0 Å². The zero-order valence-electron chi connectivity index (χ0n) is 10.4. The minimum atomic E-state index is 0.0101. The van der Waals surface area contributed by atoms with Crippen LogP contribution in [-0.2, 0) is 0 Å². The lowest BCUT2D eigenvalue weighted by atomic mass is 9.86. The Bertz CT molecular complexity index is 418. The predicted molar refractivity (Wildman–Crippen MR) is 67.1 cm³/mol. The lowest BCUT2D eigenvalue weighted by Crippen LogP contribution is -2.51. The summed E-state index contributed by atoms with van der Waals surface area (Å²) >= 11 is 0. The van der Waals surface area contributed by atoms with Gasteiger partial charge in [0.1, 0.15) is 5.69 Å². The molecule has 0 aliphatic carbocycles. The number of likely N-dealkylation sites (tertiary alicyclic amines) is 1. The van der Waals surface area contributed by atoms with Gasteiger partial charge in [-0.25, -0.2) is 4.98 Å². The van der Waals surface area contributed by atoms with Gasteiger partial charge in [0.05, 0.1) is 6.20 Å². The molecule has 1 aromatic heterocycles. The second-order valence-corrected chi connectivity index (χ2v) is 5.19. The van der Waals surface area contributed by atoms with Crippen LogP contribution in [0.25, 0.3) is 0 Å². The van der Waals surface area contributed by atoms with E-state index in [1.165, 1.54) is 12.8 Å². The SMILES string of the molecule is O=C(c1cnccn1)N1CCC2(CCCN2)CC1. The van der Waals surface area contributed by atoms with Crippen molar-refractivity contribution in [2.45, 2.75) is 31.2 Å². The molecule has 5 nitrogen and oxygen atoms in total. The van der Waals surface area contributed by atoms with Crippen LogP contribution in [0.3, 0.4) is 0 Å². The van der Waals surface area contributed by atoms with E-state index in [4.69, 9.17) is 0 Å². The van der Waals surface area contributed by atoms with Gasteiger partial charge in [-0.15, -0.1) is 0 Å². The van der Waals surface area contributed by atoms with Crippen molar-refractivity contribution in [3.63, 3.8) is 0 Å². The molecule has 3 heterocycles. The number of amides is 1. The number of nitrogens with one attached hydrogen (secondary N) is 1. The molecular weight excluding hydrogens is 228 g/mol. The Balaban J connectivity index is 1.64. The number of carbonyl (C=O) groups excluding carboxylic acids is 1. The largest absolute Gasteiger partial charge is 0.337 e. The van der Waals surface area contributed by atoms with Crippen LogP contribution in [0.1, 0.15) is 36.2 Å². The van der Waals surface area contributed by atoms with Gasteiger partial charge in [-0.2, -0.15) is 0 Å². The fourth-order valence-corrected chi connectivity index (χ4v) is 3.00. The first-order valence-corrected chi connectivity index (χ1v) is 6.59. The summed E-state index contributed by atoms with van der Waals surface area (Å²) in [5, 5.41) is 3.61. The number of piperidine rings is 1. The molecule has 96 valence electrons. The molecule has 0 bridgehead atoms. The summed E-state index contributed by atoms with van der Waals surface area (Å²) in [4.78, 5) is 22.1. The van der Waals surface area contributed by atoms with Crippen LogP contribution in [0.2, 0.25) is 0 Å². The molecule has 1 spiro atoms. The van der Waals surface area contributed by atoms with Crippen LogP contribution in [0.15, 0.2) is 18.6 Å². The van der Waals surface area contributed by atoms with Crippen molar-refractivity contribution in [2.75, 3.05) is 19.6 Å². The molecule has 18 heavy (non-hydrogen) atoms. The molecule has 0 atom stereocenters. The topological polar surface area (TPSA) is 58.1 Å². The van der Waals surface area contributed by atoms with Gasteiger partial charge in [0.15, 0.2) is 0 Å². The van der Waals surface area contributed by atoms with E-state index in [9.17, 15) is 4.79 Å². The Morgan fingerprint density at radius 3 is 2.72 bits per heavy atom. The van der Waals surface area contributed by atoms with E-state index in [2.05, 4.69) is 15.3 Å². The molecule has 1 amide bonds. The molecule has 1 aromatic rings. The summed E-state index contributed by atoms with van der Waals surface area (Å²) in [7, 11) is 0.